The van der Waals surface area contributed by atoms with Crippen LogP contribution in [0, 0.1) is 5.82 Å². The van der Waals surface area contributed by atoms with Crippen molar-refractivity contribution in [1.82, 2.24) is 15.4 Å². The van der Waals surface area contributed by atoms with E-state index in [0.717, 1.165) is 6.20 Å². The third-order valence-corrected chi connectivity index (χ3v) is 2.63. The summed E-state index contributed by atoms with van der Waals surface area (Å²) in [5.41, 5.74) is 5.36. The molecule has 78 valence electrons. The first-order valence-corrected chi connectivity index (χ1v) is 5.21. The minimum Gasteiger partial charge on any atom is -0.271 e. The topological polar surface area (TPSA) is 63.8 Å². The maximum absolute atomic E-state index is 13.4. The van der Waals surface area contributed by atoms with Gasteiger partial charge >= 0.3 is 0 Å². The molecule has 0 aliphatic rings. The van der Waals surface area contributed by atoms with Gasteiger partial charge in [0.2, 0.25) is 0 Å². The van der Waals surface area contributed by atoms with Gasteiger partial charge in [0.15, 0.2) is 0 Å². The second kappa shape index (κ2) is 4.43. The van der Waals surface area contributed by atoms with Gasteiger partial charge in [-0.15, -0.1) is 11.3 Å². The fraction of sp³-hybridized carbons (Fsp3) is 0.111. The quantitative estimate of drug-likeness (QED) is 0.608. The number of thiazole rings is 1. The van der Waals surface area contributed by atoms with Gasteiger partial charge in [-0.1, -0.05) is 0 Å². The summed E-state index contributed by atoms with van der Waals surface area (Å²) in [6.45, 7) is 0. The van der Waals surface area contributed by atoms with Crippen LogP contribution in [0.2, 0.25) is 0 Å². The predicted octanol–water partition coefficient (Wildman–Crippen LogP) is 1.23. The highest BCUT2D eigenvalue weighted by Crippen LogP contribution is 2.22. The first-order chi connectivity index (χ1) is 7.33. The Balaban J connectivity index is 2.40. The molecule has 1 unspecified atom stereocenters. The molecule has 2 heterocycles. The minimum absolute atomic E-state index is 0.395. The number of halogens is 1. The molecule has 0 fully saturated rings. The molecule has 0 aliphatic heterocycles. The lowest BCUT2D eigenvalue weighted by Crippen LogP contribution is -2.29. The lowest BCUT2D eigenvalue weighted by molar-refractivity contribution is 0.550. The zero-order chi connectivity index (χ0) is 10.7. The molecule has 3 N–H and O–H groups in total. The Hall–Kier alpha value is -1.37. The summed E-state index contributed by atoms with van der Waals surface area (Å²) in [4.78, 5) is 7.78. The Kier molecular flexibility index (Phi) is 3.00. The lowest BCUT2D eigenvalue weighted by atomic mass is 10.1. The van der Waals surface area contributed by atoms with E-state index in [4.69, 9.17) is 5.84 Å². The number of rotatable bonds is 3. The van der Waals surface area contributed by atoms with E-state index in [1.807, 2.05) is 5.38 Å². The molecule has 6 heteroatoms. The Labute approximate surface area is 90.0 Å². The van der Waals surface area contributed by atoms with Crippen LogP contribution in [0.25, 0.3) is 0 Å². The summed E-state index contributed by atoms with van der Waals surface area (Å²) in [5.74, 6) is 5.00. The Bertz CT molecular complexity index is 431. The average Bonchev–Trinajstić information content (AvgIpc) is 2.75. The molecule has 2 aromatic rings. The molecule has 0 amide bonds. The molecule has 0 saturated heterocycles. The van der Waals surface area contributed by atoms with Crippen molar-refractivity contribution in [2.45, 2.75) is 6.04 Å². The monoisotopic (exact) mass is 224 g/mol. The predicted molar refractivity (Wildman–Crippen MR) is 55.5 cm³/mol. The van der Waals surface area contributed by atoms with Gasteiger partial charge < -0.3 is 0 Å². The van der Waals surface area contributed by atoms with Crippen LogP contribution in [0.15, 0.2) is 29.4 Å². The lowest BCUT2D eigenvalue weighted by Gasteiger charge is -2.14. The number of hydrogen-bond donors (Lipinski definition) is 2. The number of pyridine rings is 1. The molecule has 2 rings (SSSR count). The number of hydrogen-bond acceptors (Lipinski definition) is 5. The molecule has 0 radical (unpaired) electrons. The van der Waals surface area contributed by atoms with Crippen LogP contribution >= 0.6 is 11.3 Å². The van der Waals surface area contributed by atoms with Crippen molar-refractivity contribution in [3.8, 4) is 0 Å². The van der Waals surface area contributed by atoms with Gasteiger partial charge in [0, 0.05) is 17.1 Å². The molecule has 0 aliphatic carbocycles. The fourth-order valence-corrected chi connectivity index (χ4v) is 1.90. The van der Waals surface area contributed by atoms with E-state index in [0.29, 0.717) is 11.3 Å². The van der Waals surface area contributed by atoms with E-state index >= 15 is 0 Å². The summed E-state index contributed by atoms with van der Waals surface area (Å²) >= 11 is 1.44. The number of nitrogens with one attached hydrogen (secondary N) is 1. The highest BCUT2D eigenvalue weighted by Gasteiger charge is 2.17. The zero-order valence-corrected chi connectivity index (χ0v) is 8.54. The summed E-state index contributed by atoms with van der Waals surface area (Å²) in [7, 11) is 0. The minimum atomic E-state index is -0.431. The van der Waals surface area contributed by atoms with Crippen LogP contribution in [0.3, 0.4) is 0 Å². The highest BCUT2D eigenvalue weighted by atomic mass is 32.1. The first-order valence-electron chi connectivity index (χ1n) is 4.26. The third kappa shape index (κ3) is 2.01. The summed E-state index contributed by atoms with van der Waals surface area (Å²) in [6, 6.07) is 1.15. The van der Waals surface area contributed by atoms with E-state index in [2.05, 4.69) is 15.4 Å². The number of nitrogens with two attached hydrogens (primary N) is 1. The van der Waals surface area contributed by atoms with Gasteiger partial charge in [-0.3, -0.25) is 10.8 Å². The Morgan fingerprint density at radius 2 is 2.40 bits per heavy atom. The van der Waals surface area contributed by atoms with Crippen molar-refractivity contribution in [3.63, 3.8) is 0 Å². The van der Waals surface area contributed by atoms with Gasteiger partial charge in [0.25, 0.3) is 0 Å². The van der Waals surface area contributed by atoms with Crippen LogP contribution in [0.5, 0.6) is 0 Å². The first kappa shape index (κ1) is 10.2. The van der Waals surface area contributed by atoms with Crippen molar-refractivity contribution in [2.75, 3.05) is 0 Å². The van der Waals surface area contributed by atoms with Gasteiger partial charge in [0.1, 0.15) is 5.82 Å². The molecular formula is C9H9FN4S. The maximum atomic E-state index is 13.4. The van der Waals surface area contributed by atoms with Gasteiger partial charge in [-0.25, -0.2) is 14.8 Å². The van der Waals surface area contributed by atoms with E-state index in [1.165, 1.54) is 17.5 Å². The van der Waals surface area contributed by atoms with Gasteiger partial charge in [-0.2, -0.15) is 0 Å². The average molecular weight is 224 g/mol. The van der Waals surface area contributed by atoms with Gasteiger partial charge in [-0.05, 0) is 6.07 Å². The summed E-state index contributed by atoms with van der Waals surface area (Å²) in [6.07, 6.45) is 2.68. The molecule has 2 aromatic heterocycles. The van der Waals surface area contributed by atoms with E-state index in [-0.39, 0.29) is 0 Å². The molecule has 15 heavy (non-hydrogen) atoms. The van der Waals surface area contributed by atoms with Crippen LogP contribution in [-0.2, 0) is 0 Å². The van der Waals surface area contributed by atoms with Crippen molar-refractivity contribution in [3.05, 3.63) is 46.4 Å². The second-order valence-corrected chi connectivity index (χ2v) is 3.63. The van der Waals surface area contributed by atoms with Gasteiger partial charge in [0.05, 0.1) is 23.4 Å². The largest absolute Gasteiger partial charge is 0.271 e. The van der Waals surface area contributed by atoms with Crippen molar-refractivity contribution in [1.29, 1.82) is 0 Å². The smallest absolute Gasteiger partial charge is 0.146 e. The van der Waals surface area contributed by atoms with Crippen LogP contribution in [0.4, 0.5) is 4.39 Å². The number of hydrazine groups is 1. The molecule has 1 atom stereocenters. The number of nitrogens with zero attached hydrogens (tertiary/aromatic N) is 2. The van der Waals surface area contributed by atoms with E-state index in [9.17, 15) is 4.39 Å². The third-order valence-electron chi connectivity index (χ3n) is 2.03. The summed E-state index contributed by atoms with van der Waals surface area (Å²) < 4.78 is 13.4. The van der Waals surface area contributed by atoms with Crippen molar-refractivity contribution >= 4 is 11.3 Å². The van der Waals surface area contributed by atoms with Crippen LogP contribution in [0.1, 0.15) is 17.3 Å². The Morgan fingerprint density at radius 1 is 1.53 bits per heavy atom. The van der Waals surface area contributed by atoms with E-state index < -0.39 is 11.9 Å². The molecule has 4 nitrogen and oxygen atoms in total. The fourth-order valence-electron chi connectivity index (χ4n) is 1.32. The highest BCUT2D eigenvalue weighted by molar-refractivity contribution is 7.07. The van der Waals surface area contributed by atoms with Crippen LogP contribution < -0.4 is 11.3 Å². The molecule has 0 saturated carbocycles. The normalized spacial score (nSPS) is 12.7. The molecular weight excluding hydrogens is 215 g/mol. The molecule has 0 bridgehead atoms. The van der Waals surface area contributed by atoms with Crippen LogP contribution in [-0.4, -0.2) is 9.97 Å². The zero-order valence-electron chi connectivity index (χ0n) is 7.72. The maximum Gasteiger partial charge on any atom is 0.146 e. The SMILES string of the molecule is NNC(c1cscn1)c1ccncc1F. The van der Waals surface area contributed by atoms with E-state index in [1.54, 1.807) is 11.6 Å². The van der Waals surface area contributed by atoms with Crippen molar-refractivity contribution < 1.29 is 4.39 Å². The number of aromatic nitrogens is 2. The second-order valence-electron chi connectivity index (χ2n) is 2.91. The van der Waals surface area contributed by atoms with Crippen molar-refractivity contribution in [2.24, 2.45) is 5.84 Å². The standard InChI is InChI=1S/C9H9FN4S/c10-7-3-12-2-1-6(7)9(14-11)8-4-15-5-13-8/h1-5,9,14H,11H2. The summed E-state index contributed by atoms with van der Waals surface area (Å²) in [5, 5.41) is 1.82. The molecule has 0 aromatic carbocycles. The molecule has 0 spiro atoms. The Morgan fingerprint density at radius 3 is 3.00 bits per heavy atom.